The molecule has 0 radical (unpaired) electrons. The number of thiazole rings is 1. The van der Waals surface area contributed by atoms with Gasteiger partial charge in [-0.25, -0.2) is 4.98 Å². The van der Waals surface area contributed by atoms with Gasteiger partial charge in [-0.05, 0) is 19.8 Å². The van der Waals surface area contributed by atoms with E-state index in [9.17, 15) is 4.79 Å². The zero-order valence-corrected chi connectivity index (χ0v) is 12.0. The summed E-state index contributed by atoms with van der Waals surface area (Å²) in [5.74, 6) is 0.553. The summed E-state index contributed by atoms with van der Waals surface area (Å²) in [6.07, 6.45) is 2.52. The Morgan fingerprint density at radius 3 is 2.82 bits per heavy atom. The SMILES string of the molecule is C[C@@H](N)C(=O)NCc1nc(C2CC2)cs1.Cl.Cl. The van der Waals surface area contributed by atoms with Crippen LogP contribution in [0.4, 0.5) is 0 Å². The number of nitrogens with zero attached hydrogens (tertiary/aromatic N) is 1. The molecular weight excluding hydrogens is 281 g/mol. The second-order valence-electron chi connectivity index (χ2n) is 3.95. The van der Waals surface area contributed by atoms with Crippen LogP contribution in [-0.4, -0.2) is 16.9 Å². The smallest absolute Gasteiger partial charge is 0.236 e. The van der Waals surface area contributed by atoms with Gasteiger partial charge >= 0.3 is 0 Å². The number of amides is 1. The van der Waals surface area contributed by atoms with Crippen LogP contribution in [0.5, 0.6) is 0 Å². The third-order valence-corrected chi connectivity index (χ3v) is 3.26. The van der Waals surface area contributed by atoms with Gasteiger partial charge in [-0.1, -0.05) is 0 Å². The normalized spacial score (nSPS) is 15.4. The van der Waals surface area contributed by atoms with Gasteiger partial charge in [0.2, 0.25) is 5.91 Å². The van der Waals surface area contributed by atoms with Gasteiger partial charge < -0.3 is 11.1 Å². The zero-order valence-electron chi connectivity index (χ0n) is 9.51. The second kappa shape index (κ2) is 7.16. The lowest BCUT2D eigenvalue weighted by Crippen LogP contribution is -2.37. The first-order chi connectivity index (χ1) is 7.16. The Morgan fingerprint density at radius 2 is 2.29 bits per heavy atom. The molecule has 0 unspecified atom stereocenters. The maximum Gasteiger partial charge on any atom is 0.236 e. The predicted molar refractivity (Wildman–Crippen MR) is 74.1 cm³/mol. The van der Waals surface area contributed by atoms with Gasteiger partial charge in [-0.15, -0.1) is 36.2 Å². The zero-order chi connectivity index (χ0) is 10.8. The van der Waals surface area contributed by atoms with Gasteiger partial charge in [0.1, 0.15) is 5.01 Å². The Kier molecular flexibility index (Phi) is 7.01. The molecule has 1 heterocycles. The minimum atomic E-state index is -0.451. The summed E-state index contributed by atoms with van der Waals surface area (Å²) in [6.45, 7) is 2.17. The standard InChI is InChI=1S/C10H15N3OS.2ClH/c1-6(11)10(14)12-4-9-13-8(5-15-9)7-2-3-7;;/h5-7H,2-4,11H2,1H3,(H,12,14);2*1H/t6-;;/m1../s1. The van der Waals surface area contributed by atoms with E-state index in [0.717, 1.165) is 5.01 Å². The number of hydrogen-bond acceptors (Lipinski definition) is 4. The monoisotopic (exact) mass is 297 g/mol. The van der Waals surface area contributed by atoms with Crippen LogP contribution in [-0.2, 0) is 11.3 Å². The van der Waals surface area contributed by atoms with Crippen molar-refractivity contribution in [2.24, 2.45) is 5.73 Å². The van der Waals surface area contributed by atoms with Crippen molar-refractivity contribution in [3.05, 3.63) is 16.1 Å². The predicted octanol–water partition coefficient (Wildman–Crippen LogP) is 1.83. The topological polar surface area (TPSA) is 68.0 Å². The Balaban J connectivity index is 0.00000128. The lowest BCUT2D eigenvalue weighted by molar-refractivity contribution is -0.122. The van der Waals surface area contributed by atoms with E-state index in [4.69, 9.17) is 5.73 Å². The highest BCUT2D eigenvalue weighted by Gasteiger charge is 2.25. The van der Waals surface area contributed by atoms with Crippen molar-refractivity contribution < 1.29 is 4.79 Å². The summed E-state index contributed by atoms with van der Waals surface area (Å²) in [7, 11) is 0. The number of nitrogens with one attached hydrogen (secondary N) is 1. The molecule has 4 nitrogen and oxygen atoms in total. The molecule has 1 fully saturated rings. The van der Waals surface area contributed by atoms with Crippen LogP contribution in [0.1, 0.15) is 36.4 Å². The molecule has 2 rings (SSSR count). The van der Waals surface area contributed by atoms with Crippen LogP contribution in [0.25, 0.3) is 0 Å². The van der Waals surface area contributed by atoms with Crippen molar-refractivity contribution in [3.63, 3.8) is 0 Å². The molecule has 0 spiro atoms. The quantitative estimate of drug-likeness (QED) is 0.891. The fourth-order valence-corrected chi connectivity index (χ4v) is 2.11. The molecule has 0 saturated heterocycles. The number of aromatic nitrogens is 1. The Bertz CT molecular complexity index is 366. The van der Waals surface area contributed by atoms with Gasteiger partial charge in [0.15, 0.2) is 0 Å². The highest BCUT2D eigenvalue weighted by molar-refractivity contribution is 7.09. The number of nitrogens with two attached hydrogens (primary N) is 1. The summed E-state index contributed by atoms with van der Waals surface area (Å²) in [5, 5.41) is 5.81. The van der Waals surface area contributed by atoms with Crippen LogP contribution in [0.3, 0.4) is 0 Å². The lowest BCUT2D eigenvalue weighted by atomic mass is 10.3. The summed E-state index contributed by atoms with van der Waals surface area (Å²) < 4.78 is 0. The molecule has 1 amide bonds. The van der Waals surface area contributed by atoms with E-state index in [0.29, 0.717) is 12.5 Å². The van der Waals surface area contributed by atoms with Gasteiger partial charge in [0.05, 0.1) is 18.3 Å². The second-order valence-corrected chi connectivity index (χ2v) is 4.89. The highest BCUT2D eigenvalue weighted by atomic mass is 35.5. The third-order valence-electron chi connectivity index (χ3n) is 2.39. The van der Waals surface area contributed by atoms with Gasteiger partial charge in [0.25, 0.3) is 0 Å². The van der Waals surface area contributed by atoms with E-state index >= 15 is 0 Å². The molecule has 3 N–H and O–H groups in total. The van der Waals surface area contributed by atoms with E-state index in [1.165, 1.54) is 18.5 Å². The minimum absolute atomic E-state index is 0. The molecule has 1 saturated carbocycles. The molecule has 7 heteroatoms. The van der Waals surface area contributed by atoms with Gasteiger partial charge in [-0.2, -0.15) is 0 Å². The maximum atomic E-state index is 11.2. The molecule has 1 aromatic heterocycles. The maximum absolute atomic E-state index is 11.2. The van der Waals surface area contributed by atoms with Crippen LogP contribution >= 0.6 is 36.2 Å². The molecule has 1 atom stereocenters. The molecule has 1 aliphatic carbocycles. The average molecular weight is 298 g/mol. The molecule has 0 aliphatic heterocycles. The van der Waals surface area contributed by atoms with E-state index in [1.54, 1.807) is 18.3 Å². The summed E-state index contributed by atoms with van der Waals surface area (Å²) in [4.78, 5) is 15.7. The average Bonchev–Trinajstić information content (AvgIpc) is 2.95. The molecule has 1 aliphatic rings. The van der Waals surface area contributed by atoms with Gasteiger partial charge in [-0.3, -0.25) is 4.79 Å². The minimum Gasteiger partial charge on any atom is -0.348 e. The molecule has 1 aromatic rings. The van der Waals surface area contributed by atoms with E-state index < -0.39 is 6.04 Å². The first kappa shape index (κ1) is 16.6. The number of halogens is 2. The lowest BCUT2D eigenvalue weighted by Gasteiger charge is -2.04. The van der Waals surface area contributed by atoms with Crippen molar-refractivity contribution >= 4 is 42.1 Å². The first-order valence-electron chi connectivity index (χ1n) is 5.14. The van der Waals surface area contributed by atoms with Crippen LogP contribution < -0.4 is 11.1 Å². The fraction of sp³-hybridized carbons (Fsp3) is 0.600. The molecule has 17 heavy (non-hydrogen) atoms. The van der Waals surface area contributed by atoms with Crippen LogP contribution in [0.15, 0.2) is 5.38 Å². The van der Waals surface area contributed by atoms with Crippen molar-refractivity contribution in [3.8, 4) is 0 Å². The van der Waals surface area contributed by atoms with E-state index in [-0.39, 0.29) is 30.7 Å². The Labute approximate surface area is 117 Å². The van der Waals surface area contributed by atoms with Crippen molar-refractivity contribution in [1.29, 1.82) is 0 Å². The summed E-state index contributed by atoms with van der Waals surface area (Å²) in [5.41, 5.74) is 6.62. The number of carbonyl (C=O) groups is 1. The Morgan fingerprint density at radius 1 is 1.65 bits per heavy atom. The first-order valence-corrected chi connectivity index (χ1v) is 6.02. The molecular formula is C10H17Cl2N3OS. The third kappa shape index (κ3) is 4.79. The number of carbonyl (C=O) groups excluding carboxylic acids is 1. The molecule has 0 bridgehead atoms. The van der Waals surface area contributed by atoms with Crippen molar-refractivity contribution in [2.45, 2.75) is 38.3 Å². The number of rotatable bonds is 4. The molecule has 98 valence electrons. The van der Waals surface area contributed by atoms with Crippen LogP contribution in [0.2, 0.25) is 0 Å². The largest absolute Gasteiger partial charge is 0.348 e. The fourth-order valence-electron chi connectivity index (χ4n) is 1.30. The Hall–Kier alpha value is -0.360. The molecule has 0 aromatic carbocycles. The number of hydrogen-bond donors (Lipinski definition) is 2. The van der Waals surface area contributed by atoms with Crippen molar-refractivity contribution in [1.82, 2.24) is 10.3 Å². The summed E-state index contributed by atoms with van der Waals surface area (Å²) in [6, 6.07) is -0.451. The van der Waals surface area contributed by atoms with E-state index in [2.05, 4.69) is 15.7 Å². The summed E-state index contributed by atoms with van der Waals surface area (Å²) >= 11 is 1.60. The van der Waals surface area contributed by atoms with E-state index in [1.807, 2.05) is 0 Å². The van der Waals surface area contributed by atoms with Crippen LogP contribution in [0, 0.1) is 0 Å². The van der Waals surface area contributed by atoms with Gasteiger partial charge in [0, 0.05) is 11.3 Å². The highest BCUT2D eigenvalue weighted by Crippen LogP contribution is 2.40. The van der Waals surface area contributed by atoms with Crippen molar-refractivity contribution in [2.75, 3.05) is 0 Å².